The fourth-order valence-electron chi connectivity index (χ4n) is 0.900. The van der Waals surface area contributed by atoms with E-state index in [1.165, 1.54) is 0 Å². The van der Waals surface area contributed by atoms with Crippen LogP contribution in [0.15, 0.2) is 0 Å². The smallest absolute Gasteiger partial charge is 0.306 e. The zero-order chi connectivity index (χ0) is 11.7. The van der Waals surface area contributed by atoms with Gasteiger partial charge in [-0.15, -0.1) is 0 Å². The standard InChI is InChI=1S/C11H20O3S/c1-4-9(3)15-8-10(12)6-7-11(13)14-5-2/h9H,4-8H2,1-3H3. The number of hydrogen-bond acceptors (Lipinski definition) is 4. The van der Waals surface area contributed by atoms with Crippen LogP contribution in [0.3, 0.4) is 0 Å². The van der Waals surface area contributed by atoms with Crippen molar-refractivity contribution in [3.8, 4) is 0 Å². The highest BCUT2D eigenvalue weighted by atomic mass is 32.2. The zero-order valence-electron chi connectivity index (χ0n) is 9.75. The van der Waals surface area contributed by atoms with Gasteiger partial charge in [0, 0.05) is 11.7 Å². The highest BCUT2D eigenvalue weighted by Crippen LogP contribution is 2.14. The first-order valence-electron chi connectivity index (χ1n) is 5.39. The number of ether oxygens (including phenoxy) is 1. The highest BCUT2D eigenvalue weighted by Gasteiger charge is 2.09. The summed E-state index contributed by atoms with van der Waals surface area (Å²) in [6.07, 6.45) is 1.59. The van der Waals surface area contributed by atoms with E-state index in [0.717, 1.165) is 6.42 Å². The van der Waals surface area contributed by atoms with Crippen LogP contribution in [0.2, 0.25) is 0 Å². The van der Waals surface area contributed by atoms with Crippen molar-refractivity contribution < 1.29 is 14.3 Å². The Balaban J connectivity index is 3.53. The van der Waals surface area contributed by atoms with Gasteiger partial charge in [0.25, 0.3) is 0 Å². The summed E-state index contributed by atoms with van der Waals surface area (Å²) in [4.78, 5) is 22.3. The average molecular weight is 232 g/mol. The first-order chi connectivity index (χ1) is 7.10. The molecular weight excluding hydrogens is 212 g/mol. The molecule has 0 saturated carbocycles. The minimum Gasteiger partial charge on any atom is -0.466 e. The Hall–Kier alpha value is -0.510. The van der Waals surface area contributed by atoms with E-state index in [0.29, 0.717) is 24.0 Å². The predicted octanol–water partition coefficient (Wildman–Crippen LogP) is 2.43. The van der Waals surface area contributed by atoms with Crippen LogP contribution >= 0.6 is 11.8 Å². The summed E-state index contributed by atoms with van der Waals surface area (Å²) in [6, 6.07) is 0. The van der Waals surface area contributed by atoms with Crippen LogP contribution < -0.4 is 0 Å². The van der Waals surface area contributed by atoms with E-state index in [4.69, 9.17) is 4.74 Å². The lowest BCUT2D eigenvalue weighted by atomic mass is 10.2. The molecule has 0 aromatic rings. The fraction of sp³-hybridized carbons (Fsp3) is 0.818. The molecule has 0 spiro atoms. The molecule has 4 heteroatoms. The third-order valence-electron chi connectivity index (χ3n) is 2.02. The predicted molar refractivity (Wildman–Crippen MR) is 63.1 cm³/mol. The van der Waals surface area contributed by atoms with Crippen LogP contribution in [0, 0.1) is 0 Å². The quantitative estimate of drug-likeness (QED) is 0.603. The van der Waals surface area contributed by atoms with E-state index in [9.17, 15) is 9.59 Å². The number of ketones is 1. The third kappa shape index (κ3) is 8.48. The van der Waals surface area contributed by atoms with Crippen molar-refractivity contribution in [1.82, 2.24) is 0 Å². The Bertz CT molecular complexity index is 204. The molecule has 1 unspecified atom stereocenters. The molecule has 0 amide bonds. The minimum absolute atomic E-state index is 0.133. The second-order valence-corrected chi connectivity index (χ2v) is 4.80. The van der Waals surface area contributed by atoms with E-state index in [1.807, 2.05) is 0 Å². The van der Waals surface area contributed by atoms with E-state index >= 15 is 0 Å². The van der Waals surface area contributed by atoms with Gasteiger partial charge in [-0.1, -0.05) is 13.8 Å². The lowest BCUT2D eigenvalue weighted by molar-refractivity contribution is -0.144. The van der Waals surface area contributed by atoms with Gasteiger partial charge < -0.3 is 4.74 Å². The Morgan fingerprint density at radius 2 is 1.93 bits per heavy atom. The largest absolute Gasteiger partial charge is 0.466 e. The number of thioether (sulfide) groups is 1. The van der Waals surface area contributed by atoms with E-state index < -0.39 is 0 Å². The number of carbonyl (C=O) groups excluding carboxylic acids is 2. The number of esters is 1. The lowest BCUT2D eigenvalue weighted by Crippen LogP contribution is -2.10. The summed E-state index contributed by atoms with van der Waals surface area (Å²) in [5.41, 5.74) is 0. The Labute approximate surface area is 95.9 Å². The normalized spacial score (nSPS) is 12.2. The molecule has 0 N–H and O–H groups in total. The van der Waals surface area contributed by atoms with Crippen molar-refractivity contribution in [2.75, 3.05) is 12.4 Å². The molecule has 0 aromatic carbocycles. The maximum absolute atomic E-state index is 11.3. The van der Waals surface area contributed by atoms with Crippen LogP contribution in [-0.4, -0.2) is 29.4 Å². The van der Waals surface area contributed by atoms with Gasteiger partial charge in [-0.3, -0.25) is 9.59 Å². The third-order valence-corrected chi connectivity index (χ3v) is 3.41. The summed E-state index contributed by atoms with van der Waals surface area (Å²) in [5.74, 6) is 0.363. The van der Waals surface area contributed by atoms with Crippen molar-refractivity contribution in [2.24, 2.45) is 0 Å². The average Bonchev–Trinajstić information content (AvgIpc) is 2.23. The molecule has 0 aliphatic rings. The fourth-order valence-corrected chi connectivity index (χ4v) is 1.75. The van der Waals surface area contributed by atoms with Gasteiger partial charge in [-0.05, 0) is 13.3 Å². The number of rotatable bonds is 8. The van der Waals surface area contributed by atoms with Crippen molar-refractivity contribution >= 4 is 23.5 Å². The van der Waals surface area contributed by atoms with Crippen LogP contribution in [0.1, 0.15) is 40.0 Å². The van der Waals surface area contributed by atoms with Gasteiger partial charge >= 0.3 is 5.97 Å². The second-order valence-electron chi connectivity index (χ2n) is 3.37. The molecule has 0 aromatic heterocycles. The van der Waals surface area contributed by atoms with Gasteiger partial charge in [0.1, 0.15) is 5.78 Å². The Kier molecular flexibility index (Phi) is 8.47. The summed E-state index contributed by atoms with van der Waals surface area (Å²) in [6.45, 7) is 6.34. The monoisotopic (exact) mass is 232 g/mol. The molecule has 3 nitrogen and oxygen atoms in total. The van der Waals surface area contributed by atoms with Crippen molar-refractivity contribution in [1.29, 1.82) is 0 Å². The topological polar surface area (TPSA) is 43.4 Å². The van der Waals surface area contributed by atoms with Crippen molar-refractivity contribution in [2.45, 2.75) is 45.3 Å². The maximum atomic E-state index is 11.3. The molecule has 0 fully saturated rings. The minimum atomic E-state index is -0.278. The molecule has 0 saturated heterocycles. The molecule has 88 valence electrons. The zero-order valence-corrected chi connectivity index (χ0v) is 10.6. The molecule has 0 heterocycles. The highest BCUT2D eigenvalue weighted by molar-refractivity contribution is 8.00. The molecule has 1 atom stereocenters. The Morgan fingerprint density at radius 1 is 1.27 bits per heavy atom. The molecule has 15 heavy (non-hydrogen) atoms. The molecule has 0 aliphatic carbocycles. The summed E-state index contributed by atoms with van der Waals surface area (Å²) in [5, 5.41) is 0.511. The van der Waals surface area contributed by atoms with Gasteiger partial charge in [0.2, 0.25) is 0 Å². The Morgan fingerprint density at radius 3 is 2.47 bits per heavy atom. The van der Waals surface area contributed by atoms with E-state index in [1.54, 1.807) is 18.7 Å². The van der Waals surface area contributed by atoms with Crippen molar-refractivity contribution in [3.05, 3.63) is 0 Å². The molecular formula is C11H20O3S. The van der Waals surface area contributed by atoms with Gasteiger partial charge in [-0.25, -0.2) is 0 Å². The van der Waals surface area contributed by atoms with Crippen LogP contribution in [0.25, 0.3) is 0 Å². The number of Topliss-reactive ketones (excluding diaryl/α,β-unsaturated/α-hetero) is 1. The molecule has 0 radical (unpaired) electrons. The van der Waals surface area contributed by atoms with Crippen LogP contribution in [0.4, 0.5) is 0 Å². The summed E-state index contributed by atoms with van der Waals surface area (Å²) in [7, 11) is 0. The first-order valence-corrected chi connectivity index (χ1v) is 6.43. The molecule has 0 bridgehead atoms. The lowest BCUT2D eigenvalue weighted by Gasteiger charge is -2.06. The number of carbonyl (C=O) groups is 2. The maximum Gasteiger partial charge on any atom is 0.306 e. The summed E-state index contributed by atoms with van der Waals surface area (Å²) < 4.78 is 4.74. The second kappa shape index (κ2) is 8.77. The number of hydrogen-bond donors (Lipinski definition) is 0. The molecule has 0 rings (SSSR count). The van der Waals surface area contributed by atoms with Crippen LogP contribution in [-0.2, 0) is 14.3 Å². The van der Waals surface area contributed by atoms with Crippen LogP contribution in [0.5, 0.6) is 0 Å². The van der Waals surface area contributed by atoms with E-state index in [-0.39, 0.29) is 18.2 Å². The SMILES string of the molecule is CCOC(=O)CCC(=O)CSC(C)CC. The first kappa shape index (κ1) is 14.5. The van der Waals surface area contributed by atoms with Gasteiger partial charge in [0.15, 0.2) is 0 Å². The van der Waals surface area contributed by atoms with Gasteiger partial charge in [-0.2, -0.15) is 11.8 Å². The van der Waals surface area contributed by atoms with Gasteiger partial charge in [0.05, 0.1) is 18.8 Å². The van der Waals surface area contributed by atoms with Crippen molar-refractivity contribution in [3.63, 3.8) is 0 Å². The van der Waals surface area contributed by atoms with E-state index in [2.05, 4.69) is 13.8 Å². The summed E-state index contributed by atoms with van der Waals surface area (Å²) >= 11 is 1.65. The molecule has 0 aliphatic heterocycles.